The van der Waals surface area contributed by atoms with Gasteiger partial charge in [-0.15, -0.1) is 0 Å². The fourth-order valence-corrected chi connectivity index (χ4v) is 0.782. The molecule has 1 atom stereocenters. The molecule has 10 heavy (non-hydrogen) atoms. The van der Waals surface area contributed by atoms with Gasteiger partial charge in [0.2, 0.25) is 0 Å². The Hall–Kier alpha value is 0.160. The lowest BCUT2D eigenvalue weighted by Gasteiger charge is -2.09. The van der Waals surface area contributed by atoms with Gasteiger partial charge < -0.3 is 9.47 Å². The van der Waals surface area contributed by atoms with Gasteiger partial charge in [0.25, 0.3) is 0 Å². The van der Waals surface area contributed by atoms with E-state index >= 15 is 0 Å². The van der Waals surface area contributed by atoms with Gasteiger partial charge in [-0.3, -0.25) is 4.79 Å². The van der Waals surface area contributed by atoms with E-state index in [1.807, 2.05) is 0 Å². The Morgan fingerprint density at radius 3 is 2.70 bits per heavy atom. The summed E-state index contributed by atoms with van der Waals surface area (Å²) in [5, 5.41) is 0. The molecule has 3 nitrogen and oxygen atoms in total. The largest absolute Gasteiger partial charge is 0.460 e. The number of alkyl halides is 1. The summed E-state index contributed by atoms with van der Waals surface area (Å²) >= 11 is 2.09. The third-order valence-electron chi connectivity index (χ3n) is 0.797. The summed E-state index contributed by atoms with van der Waals surface area (Å²) in [5.74, 6) is -0.260. The summed E-state index contributed by atoms with van der Waals surface area (Å²) in [6, 6.07) is 0. The standard InChI is InChI=1S/C6H11IO3/c1-5(3-9-4-7)10-6(2)8/h5H,3-4H2,1-2H3. The highest BCUT2D eigenvalue weighted by Crippen LogP contribution is 1.93. The first-order valence-electron chi connectivity index (χ1n) is 2.97. The number of rotatable bonds is 4. The number of hydrogen-bond acceptors (Lipinski definition) is 3. The third kappa shape index (κ3) is 6.28. The van der Waals surface area contributed by atoms with E-state index in [9.17, 15) is 4.79 Å². The van der Waals surface area contributed by atoms with Crippen LogP contribution in [0.15, 0.2) is 0 Å². The predicted molar refractivity (Wildman–Crippen MR) is 46.1 cm³/mol. The molecule has 0 aliphatic rings. The van der Waals surface area contributed by atoms with Crippen molar-refractivity contribution in [1.29, 1.82) is 0 Å². The Kier molecular flexibility index (Phi) is 6.00. The quantitative estimate of drug-likeness (QED) is 0.433. The monoisotopic (exact) mass is 258 g/mol. The van der Waals surface area contributed by atoms with Gasteiger partial charge in [-0.05, 0) is 6.92 Å². The number of ether oxygens (including phenoxy) is 2. The average Bonchev–Trinajstić information content (AvgIpc) is 1.82. The Bertz CT molecular complexity index is 105. The van der Waals surface area contributed by atoms with E-state index < -0.39 is 0 Å². The van der Waals surface area contributed by atoms with Crippen LogP contribution in [0.5, 0.6) is 0 Å². The second-order valence-corrected chi connectivity index (χ2v) is 2.52. The van der Waals surface area contributed by atoms with Crippen LogP contribution in [0.25, 0.3) is 0 Å². The fraction of sp³-hybridized carbons (Fsp3) is 0.833. The number of halogens is 1. The molecule has 60 valence electrons. The SMILES string of the molecule is CC(=O)OC(C)COCI. The molecule has 0 spiro atoms. The molecule has 0 aromatic carbocycles. The zero-order chi connectivity index (χ0) is 7.98. The Labute approximate surface area is 74.2 Å². The first-order valence-corrected chi connectivity index (χ1v) is 4.50. The lowest BCUT2D eigenvalue weighted by atomic mass is 10.4. The molecule has 0 aliphatic carbocycles. The maximum atomic E-state index is 10.3. The molecule has 0 amide bonds. The van der Waals surface area contributed by atoms with Gasteiger partial charge in [-0.2, -0.15) is 0 Å². The van der Waals surface area contributed by atoms with Gasteiger partial charge >= 0.3 is 5.97 Å². The van der Waals surface area contributed by atoms with Crippen LogP contribution >= 0.6 is 22.6 Å². The average molecular weight is 258 g/mol. The van der Waals surface area contributed by atoms with Crippen molar-refractivity contribution in [1.82, 2.24) is 0 Å². The van der Waals surface area contributed by atoms with Crippen molar-refractivity contribution in [3.8, 4) is 0 Å². The van der Waals surface area contributed by atoms with E-state index in [-0.39, 0.29) is 12.1 Å². The molecule has 0 aromatic heterocycles. The van der Waals surface area contributed by atoms with Crippen molar-refractivity contribution in [3.63, 3.8) is 0 Å². The summed E-state index contributed by atoms with van der Waals surface area (Å²) in [6.07, 6.45) is -0.132. The second kappa shape index (κ2) is 5.91. The Morgan fingerprint density at radius 2 is 2.30 bits per heavy atom. The molecule has 0 radical (unpaired) electrons. The predicted octanol–water partition coefficient (Wildman–Crippen LogP) is 1.35. The van der Waals surface area contributed by atoms with E-state index in [0.717, 1.165) is 0 Å². The van der Waals surface area contributed by atoms with Gasteiger partial charge in [-0.1, -0.05) is 22.6 Å². The maximum absolute atomic E-state index is 10.3. The highest BCUT2D eigenvalue weighted by molar-refractivity contribution is 14.1. The molecular formula is C6H11IO3. The minimum Gasteiger partial charge on any atom is -0.460 e. The molecule has 0 bridgehead atoms. The topological polar surface area (TPSA) is 35.5 Å². The molecule has 0 N–H and O–H groups in total. The molecule has 0 heterocycles. The van der Waals surface area contributed by atoms with Gasteiger partial charge in [-0.25, -0.2) is 0 Å². The van der Waals surface area contributed by atoms with Crippen molar-refractivity contribution in [3.05, 3.63) is 0 Å². The molecule has 0 rings (SSSR count). The van der Waals surface area contributed by atoms with Crippen LogP contribution in [-0.4, -0.2) is 23.3 Å². The van der Waals surface area contributed by atoms with Crippen molar-refractivity contribution in [2.75, 3.05) is 11.2 Å². The van der Waals surface area contributed by atoms with Crippen LogP contribution < -0.4 is 0 Å². The van der Waals surface area contributed by atoms with Crippen molar-refractivity contribution >= 4 is 28.6 Å². The molecule has 0 aliphatic heterocycles. The molecule has 4 heteroatoms. The van der Waals surface area contributed by atoms with Gasteiger partial charge in [0, 0.05) is 6.92 Å². The van der Waals surface area contributed by atoms with E-state index in [1.165, 1.54) is 6.92 Å². The van der Waals surface area contributed by atoms with Crippen LogP contribution in [0.1, 0.15) is 13.8 Å². The summed E-state index contributed by atoms with van der Waals surface area (Å²) < 4.78 is 10.4. The molecular weight excluding hydrogens is 247 g/mol. The van der Waals surface area contributed by atoms with E-state index in [4.69, 9.17) is 9.47 Å². The highest BCUT2D eigenvalue weighted by Gasteiger charge is 2.03. The number of hydrogen-bond donors (Lipinski definition) is 0. The summed E-state index contributed by atoms with van der Waals surface area (Å²) in [7, 11) is 0. The molecule has 0 saturated carbocycles. The Morgan fingerprint density at radius 1 is 1.70 bits per heavy atom. The fourth-order valence-electron chi connectivity index (χ4n) is 0.528. The molecule has 1 unspecified atom stereocenters. The van der Waals surface area contributed by atoms with Crippen LogP contribution in [-0.2, 0) is 14.3 Å². The van der Waals surface area contributed by atoms with Gasteiger partial charge in [0.05, 0.1) is 11.2 Å². The van der Waals surface area contributed by atoms with Gasteiger partial charge in [0.1, 0.15) is 6.10 Å². The zero-order valence-corrected chi connectivity index (χ0v) is 8.25. The minimum atomic E-state index is -0.260. The van der Waals surface area contributed by atoms with E-state index in [1.54, 1.807) is 6.92 Å². The van der Waals surface area contributed by atoms with Crippen molar-refractivity contribution < 1.29 is 14.3 Å². The summed E-state index contributed by atoms with van der Waals surface area (Å²) in [6.45, 7) is 3.66. The second-order valence-electron chi connectivity index (χ2n) is 1.90. The molecule has 0 saturated heterocycles. The third-order valence-corrected chi connectivity index (χ3v) is 1.24. The van der Waals surface area contributed by atoms with Crippen molar-refractivity contribution in [2.24, 2.45) is 0 Å². The van der Waals surface area contributed by atoms with Crippen LogP contribution in [0, 0.1) is 0 Å². The van der Waals surface area contributed by atoms with Crippen LogP contribution in [0.2, 0.25) is 0 Å². The lowest BCUT2D eigenvalue weighted by molar-refractivity contribution is -0.147. The number of carbonyl (C=O) groups is 1. The van der Waals surface area contributed by atoms with E-state index in [2.05, 4.69) is 22.6 Å². The summed E-state index contributed by atoms with van der Waals surface area (Å²) in [5.41, 5.74) is 0. The first-order chi connectivity index (χ1) is 4.66. The first kappa shape index (κ1) is 10.2. The van der Waals surface area contributed by atoms with Crippen LogP contribution in [0.4, 0.5) is 0 Å². The highest BCUT2D eigenvalue weighted by atomic mass is 127. The number of carbonyl (C=O) groups excluding carboxylic acids is 1. The normalized spacial score (nSPS) is 12.7. The summed E-state index contributed by atoms with van der Waals surface area (Å²) in [4.78, 5) is 10.3. The molecule has 0 fully saturated rings. The minimum absolute atomic E-state index is 0.132. The zero-order valence-electron chi connectivity index (χ0n) is 6.09. The molecule has 0 aromatic rings. The van der Waals surface area contributed by atoms with Crippen molar-refractivity contribution in [2.45, 2.75) is 20.0 Å². The van der Waals surface area contributed by atoms with Gasteiger partial charge in [0.15, 0.2) is 0 Å². The number of esters is 1. The smallest absolute Gasteiger partial charge is 0.302 e. The van der Waals surface area contributed by atoms with E-state index in [0.29, 0.717) is 11.2 Å². The van der Waals surface area contributed by atoms with Crippen LogP contribution in [0.3, 0.4) is 0 Å². The lowest BCUT2D eigenvalue weighted by Crippen LogP contribution is -2.18. The Balaban J connectivity index is 3.25. The maximum Gasteiger partial charge on any atom is 0.302 e.